The van der Waals surface area contributed by atoms with E-state index >= 15 is 0 Å². The first-order chi connectivity index (χ1) is 9.22. The lowest BCUT2D eigenvalue weighted by molar-refractivity contribution is 0.292. The van der Waals surface area contributed by atoms with E-state index in [1.165, 1.54) is 18.7 Å². The van der Waals surface area contributed by atoms with Crippen LogP contribution in [0.5, 0.6) is 0 Å². The molecular weight excluding hydrogens is 304 g/mol. The minimum atomic E-state index is 0.856. The molecule has 19 heavy (non-hydrogen) atoms. The fourth-order valence-electron chi connectivity index (χ4n) is 2.45. The molecule has 0 atom stereocenters. The number of hydrogen-bond donors (Lipinski definition) is 0. The van der Waals surface area contributed by atoms with Crippen molar-refractivity contribution >= 4 is 21.6 Å². The van der Waals surface area contributed by atoms with E-state index in [-0.39, 0.29) is 0 Å². The van der Waals surface area contributed by atoms with Gasteiger partial charge < -0.3 is 9.47 Å². The Labute approximate surface area is 121 Å². The second-order valence-corrected chi connectivity index (χ2v) is 5.77. The number of rotatable bonds is 2. The van der Waals surface area contributed by atoms with Gasteiger partial charge in [0.05, 0.1) is 6.67 Å². The van der Waals surface area contributed by atoms with Crippen molar-refractivity contribution < 1.29 is 0 Å². The first-order valence-electron chi connectivity index (χ1n) is 6.46. The Bertz CT molecular complexity index is 549. The van der Waals surface area contributed by atoms with Crippen molar-refractivity contribution in [1.82, 2.24) is 14.5 Å². The predicted molar refractivity (Wildman–Crippen MR) is 80.7 cm³/mol. The summed E-state index contributed by atoms with van der Waals surface area (Å²) in [6.45, 7) is 3.34. The molecule has 1 fully saturated rings. The molecular formula is C14H17BrN4. The number of halogens is 1. The number of benzene rings is 1. The molecule has 1 saturated heterocycles. The molecule has 2 heterocycles. The van der Waals surface area contributed by atoms with Gasteiger partial charge in [-0.1, -0.05) is 0 Å². The molecule has 3 rings (SSSR count). The topological polar surface area (TPSA) is 24.3 Å². The zero-order valence-electron chi connectivity index (χ0n) is 11.0. The summed E-state index contributed by atoms with van der Waals surface area (Å²) < 4.78 is 2.87. The largest absolute Gasteiger partial charge is 0.358 e. The molecule has 1 aliphatic rings. The molecule has 0 aliphatic carbocycles. The van der Waals surface area contributed by atoms with Crippen molar-refractivity contribution in [2.75, 3.05) is 31.7 Å². The SMILES string of the molecule is CN1CCCN(c2ccc(-n3cnc(Br)c3)cc2)C1. The van der Waals surface area contributed by atoms with E-state index in [2.05, 4.69) is 62.0 Å². The van der Waals surface area contributed by atoms with Crippen LogP contribution in [0.2, 0.25) is 0 Å². The maximum Gasteiger partial charge on any atom is 0.124 e. The third kappa shape index (κ3) is 2.82. The summed E-state index contributed by atoms with van der Waals surface area (Å²) in [5.74, 6) is 0. The zero-order valence-corrected chi connectivity index (χ0v) is 12.5. The highest BCUT2D eigenvalue weighted by Gasteiger charge is 2.14. The number of imidazole rings is 1. The molecule has 0 spiro atoms. The van der Waals surface area contributed by atoms with E-state index in [1.807, 2.05) is 17.1 Å². The third-order valence-corrected chi connectivity index (χ3v) is 3.85. The molecule has 2 aromatic rings. The Morgan fingerprint density at radius 1 is 1.11 bits per heavy atom. The lowest BCUT2D eigenvalue weighted by Crippen LogP contribution is -2.42. The maximum absolute atomic E-state index is 4.18. The molecule has 0 radical (unpaired) electrons. The van der Waals surface area contributed by atoms with Gasteiger partial charge >= 0.3 is 0 Å². The normalized spacial score (nSPS) is 16.8. The third-order valence-electron chi connectivity index (χ3n) is 3.44. The van der Waals surface area contributed by atoms with Crippen LogP contribution in [0.3, 0.4) is 0 Å². The van der Waals surface area contributed by atoms with Crippen LogP contribution in [0.1, 0.15) is 6.42 Å². The van der Waals surface area contributed by atoms with Crippen LogP contribution in [-0.4, -0.2) is 41.3 Å². The van der Waals surface area contributed by atoms with Crippen LogP contribution < -0.4 is 4.90 Å². The lowest BCUT2D eigenvalue weighted by Gasteiger charge is -2.34. The minimum Gasteiger partial charge on any atom is -0.358 e. The average Bonchev–Trinajstić information content (AvgIpc) is 2.86. The highest BCUT2D eigenvalue weighted by molar-refractivity contribution is 9.10. The summed E-state index contributed by atoms with van der Waals surface area (Å²) >= 11 is 3.37. The van der Waals surface area contributed by atoms with Gasteiger partial charge in [-0.2, -0.15) is 0 Å². The summed E-state index contributed by atoms with van der Waals surface area (Å²) in [7, 11) is 2.17. The van der Waals surface area contributed by atoms with E-state index in [0.29, 0.717) is 0 Å². The molecule has 5 heteroatoms. The van der Waals surface area contributed by atoms with Gasteiger partial charge in [0, 0.05) is 30.7 Å². The van der Waals surface area contributed by atoms with Gasteiger partial charge in [0.25, 0.3) is 0 Å². The van der Waals surface area contributed by atoms with Crippen molar-refractivity contribution in [3.8, 4) is 5.69 Å². The van der Waals surface area contributed by atoms with Crippen molar-refractivity contribution in [2.45, 2.75) is 6.42 Å². The lowest BCUT2D eigenvalue weighted by atomic mass is 10.2. The quantitative estimate of drug-likeness (QED) is 0.850. The fraction of sp³-hybridized carbons (Fsp3) is 0.357. The Kier molecular flexibility index (Phi) is 3.57. The van der Waals surface area contributed by atoms with Gasteiger partial charge in [0.2, 0.25) is 0 Å². The molecule has 0 saturated carbocycles. The number of nitrogens with zero attached hydrogens (tertiary/aromatic N) is 4. The number of anilines is 1. The van der Waals surface area contributed by atoms with Crippen LogP contribution in [0.4, 0.5) is 5.69 Å². The summed E-state index contributed by atoms with van der Waals surface area (Å²) in [5, 5.41) is 0. The average molecular weight is 321 g/mol. The van der Waals surface area contributed by atoms with E-state index in [1.54, 1.807) is 0 Å². The molecule has 0 amide bonds. The highest BCUT2D eigenvalue weighted by Crippen LogP contribution is 2.20. The van der Waals surface area contributed by atoms with Crippen molar-refractivity contribution in [3.05, 3.63) is 41.4 Å². The van der Waals surface area contributed by atoms with Gasteiger partial charge in [-0.25, -0.2) is 4.98 Å². The standard InChI is InChI=1S/C14H17BrN4/c1-17-7-2-8-18(11-17)12-3-5-13(6-4-12)19-9-14(15)16-10-19/h3-6,9-10H,2,7-8,11H2,1H3. The minimum absolute atomic E-state index is 0.856. The highest BCUT2D eigenvalue weighted by atomic mass is 79.9. The van der Waals surface area contributed by atoms with E-state index in [0.717, 1.165) is 23.5 Å². The molecule has 1 aliphatic heterocycles. The Hall–Kier alpha value is -1.33. The van der Waals surface area contributed by atoms with E-state index in [4.69, 9.17) is 0 Å². The predicted octanol–water partition coefficient (Wildman–Crippen LogP) is 2.73. The molecule has 0 bridgehead atoms. The van der Waals surface area contributed by atoms with Gasteiger partial charge in [-0.3, -0.25) is 4.90 Å². The first kappa shape index (κ1) is 12.7. The van der Waals surface area contributed by atoms with E-state index < -0.39 is 0 Å². The second kappa shape index (κ2) is 5.35. The summed E-state index contributed by atoms with van der Waals surface area (Å²) in [6, 6.07) is 8.64. The van der Waals surface area contributed by atoms with E-state index in [9.17, 15) is 0 Å². The van der Waals surface area contributed by atoms with Crippen LogP contribution in [-0.2, 0) is 0 Å². The Morgan fingerprint density at radius 2 is 1.84 bits per heavy atom. The Balaban J connectivity index is 1.78. The van der Waals surface area contributed by atoms with Crippen molar-refractivity contribution in [2.24, 2.45) is 0 Å². The van der Waals surface area contributed by atoms with Gasteiger partial charge in [0.15, 0.2) is 0 Å². The van der Waals surface area contributed by atoms with Crippen LogP contribution >= 0.6 is 15.9 Å². The summed E-state index contributed by atoms with van der Waals surface area (Å²) in [5.41, 5.74) is 2.42. The fourth-order valence-corrected chi connectivity index (χ4v) is 2.76. The number of hydrogen-bond acceptors (Lipinski definition) is 3. The summed E-state index contributed by atoms with van der Waals surface area (Å²) in [4.78, 5) is 8.94. The maximum atomic E-state index is 4.18. The second-order valence-electron chi connectivity index (χ2n) is 4.96. The zero-order chi connectivity index (χ0) is 13.2. The van der Waals surface area contributed by atoms with Gasteiger partial charge in [0.1, 0.15) is 10.9 Å². The van der Waals surface area contributed by atoms with Crippen LogP contribution in [0.25, 0.3) is 5.69 Å². The first-order valence-corrected chi connectivity index (χ1v) is 7.25. The van der Waals surface area contributed by atoms with Crippen LogP contribution in [0.15, 0.2) is 41.4 Å². The molecule has 100 valence electrons. The van der Waals surface area contributed by atoms with Crippen molar-refractivity contribution in [3.63, 3.8) is 0 Å². The molecule has 1 aromatic heterocycles. The van der Waals surface area contributed by atoms with Gasteiger partial charge in [-0.05, 0) is 53.7 Å². The molecule has 1 aromatic carbocycles. The van der Waals surface area contributed by atoms with Crippen molar-refractivity contribution in [1.29, 1.82) is 0 Å². The molecule has 0 unspecified atom stereocenters. The smallest absolute Gasteiger partial charge is 0.124 e. The monoisotopic (exact) mass is 320 g/mol. The molecule has 4 nitrogen and oxygen atoms in total. The Morgan fingerprint density at radius 3 is 2.47 bits per heavy atom. The van der Waals surface area contributed by atoms with Crippen LogP contribution in [0, 0.1) is 0 Å². The molecule has 0 N–H and O–H groups in total. The van der Waals surface area contributed by atoms with Gasteiger partial charge in [-0.15, -0.1) is 0 Å². The number of aromatic nitrogens is 2. The summed E-state index contributed by atoms with van der Waals surface area (Å²) in [6.07, 6.45) is 5.00.